The van der Waals surface area contributed by atoms with E-state index in [1.54, 1.807) is 12.4 Å². The Morgan fingerprint density at radius 3 is 2.73 bits per heavy atom. The lowest BCUT2D eigenvalue weighted by atomic mass is 10.2. The van der Waals surface area contributed by atoms with Gasteiger partial charge in [0.1, 0.15) is 6.20 Å². The molecule has 0 amide bonds. The van der Waals surface area contributed by atoms with Crippen LogP contribution in [0, 0.1) is 6.20 Å². The van der Waals surface area contributed by atoms with Crippen molar-refractivity contribution in [2.24, 2.45) is 0 Å². The molecule has 4 nitrogen and oxygen atoms in total. The Bertz CT molecular complexity index is 313. The first kappa shape index (κ1) is 6.03. The number of aromatic amines is 1. The Kier molecular flexibility index (Phi) is 1.37. The zero-order valence-electron chi connectivity index (χ0n) is 5.65. The van der Waals surface area contributed by atoms with Crippen molar-refractivity contribution >= 4 is 0 Å². The smallest absolute Gasteiger partial charge is 0.143 e. The third-order valence-corrected chi connectivity index (χ3v) is 1.34. The van der Waals surface area contributed by atoms with E-state index in [0.717, 1.165) is 11.3 Å². The first-order valence-corrected chi connectivity index (χ1v) is 3.16. The molecule has 0 aromatic carbocycles. The summed E-state index contributed by atoms with van der Waals surface area (Å²) in [5.41, 5.74) is 1.78. The van der Waals surface area contributed by atoms with Crippen molar-refractivity contribution in [3.05, 3.63) is 30.7 Å². The number of hydrogen-bond acceptors (Lipinski definition) is 3. The largest absolute Gasteiger partial charge is 0.265 e. The molecule has 11 heavy (non-hydrogen) atoms. The van der Waals surface area contributed by atoms with Crippen LogP contribution in [0.1, 0.15) is 0 Å². The zero-order chi connectivity index (χ0) is 7.52. The molecule has 0 aliphatic carbocycles. The normalized spacial score (nSPS) is 9.82. The Morgan fingerprint density at radius 1 is 1.27 bits per heavy atom. The van der Waals surface area contributed by atoms with E-state index in [1.165, 1.54) is 0 Å². The molecule has 0 aliphatic heterocycles. The van der Waals surface area contributed by atoms with E-state index in [2.05, 4.69) is 26.6 Å². The summed E-state index contributed by atoms with van der Waals surface area (Å²) in [6, 6.07) is 3.73. The topological polar surface area (TPSA) is 54.5 Å². The molecule has 2 aromatic rings. The Balaban J connectivity index is 2.46. The van der Waals surface area contributed by atoms with Crippen molar-refractivity contribution in [3.63, 3.8) is 0 Å². The van der Waals surface area contributed by atoms with Gasteiger partial charge in [0, 0.05) is 18.0 Å². The van der Waals surface area contributed by atoms with Crippen LogP contribution in [-0.2, 0) is 0 Å². The van der Waals surface area contributed by atoms with E-state index in [4.69, 9.17) is 0 Å². The Hall–Kier alpha value is -1.71. The standard InChI is InChI=1S/C7H5N4/c1-3-8-4-2-6(1)7-5-9-11-10-7/h1-4H,(H,9,10,11). The van der Waals surface area contributed by atoms with Crippen LogP contribution in [0.5, 0.6) is 0 Å². The van der Waals surface area contributed by atoms with Gasteiger partial charge >= 0.3 is 0 Å². The predicted molar refractivity (Wildman–Crippen MR) is 38.4 cm³/mol. The molecule has 2 aromatic heterocycles. The fourth-order valence-electron chi connectivity index (χ4n) is 0.823. The summed E-state index contributed by atoms with van der Waals surface area (Å²) in [6.45, 7) is 0. The number of nitrogens with zero attached hydrogens (tertiary/aromatic N) is 3. The van der Waals surface area contributed by atoms with Gasteiger partial charge in [-0.1, -0.05) is 5.21 Å². The summed E-state index contributed by atoms with van der Waals surface area (Å²) in [5.74, 6) is 0. The summed E-state index contributed by atoms with van der Waals surface area (Å²) >= 11 is 0. The number of pyridine rings is 1. The lowest BCUT2D eigenvalue weighted by molar-refractivity contribution is 0.940. The average Bonchev–Trinajstić information content (AvgIpc) is 2.58. The minimum atomic E-state index is 0.785. The second-order valence-corrected chi connectivity index (χ2v) is 2.03. The molecule has 2 rings (SSSR count). The Labute approximate surface area is 63.3 Å². The van der Waals surface area contributed by atoms with Gasteiger partial charge in [0.05, 0.1) is 5.69 Å². The molecule has 0 aliphatic rings. The fraction of sp³-hybridized carbons (Fsp3) is 0. The van der Waals surface area contributed by atoms with Crippen molar-refractivity contribution in [1.82, 2.24) is 20.4 Å². The zero-order valence-corrected chi connectivity index (χ0v) is 5.65. The van der Waals surface area contributed by atoms with Gasteiger partial charge in [-0.3, -0.25) is 10.1 Å². The van der Waals surface area contributed by atoms with Gasteiger partial charge in [-0.15, -0.1) is 5.10 Å². The summed E-state index contributed by atoms with van der Waals surface area (Å²) < 4.78 is 0. The van der Waals surface area contributed by atoms with Gasteiger partial charge < -0.3 is 0 Å². The van der Waals surface area contributed by atoms with Crippen LogP contribution in [0.3, 0.4) is 0 Å². The number of hydrogen-bond donors (Lipinski definition) is 1. The summed E-state index contributed by atoms with van der Waals surface area (Å²) in [7, 11) is 0. The third kappa shape index (κ3) is 1.10. The molecule has 1 radical (unpaired) electrons. The molecule has 0 bridgehead atoms. The number of aromatic nitrogens is 4. The second-order valence-electron chi connectivity index (χ2n) is 2.03. The highest BCUT2D eigenvalue weighted by molar-refractivity contribution is 5.55. The van der Waals surface area contributed by atoms with Gasteiger partial charge in [0.25, 0.3) is 0 Å². The van der Waals surface area contributed by atoms with Gasteiger partial charge in [-0.05, 0) is 12.1 Å². The highest BCUT2D eigenvalue weighted by Crippen LogP contribution is 2.11. The molecule has 2 heterocycles. The van der Waals surface area contributed by atoms with Crippen LogP contribution in [0.25, 0.3) is 11.3 Å². The molecule has 1 N–H and O–H groups in total. The van der Waals surface area contributed by atoms with E-state index >= 15 is 0 Å². The van der Waals surface area contributed by atoms with Crippen LogP contribution in [0.4, 0.5) is 0 Å². The van der Waals surface area contributed by atoms with Gasteiger partial charge in [0.2, 0.25) is 0 Å². The van der Waals surface area contributed by atoms with Crippen molar-refractivity contribution in [2.45, 2.75) is 0 Å². The maximum atomic E-state index is 3.89. The number of nitrogens with one attached hydrogen (secondary N) is 1. The van der Waals surface area contributed by atoms with Gasteiger partial charge in [0.15, 0.2) is 0 Å². The SMILES string of the molecule is [c]1nn[nH]c1-c1ccncc1. The van der Waals surface area contributed by atoms with Crippen molar-refractivity contribution in [2.75, 3.05) is 0 Å². The molecule has 0 unspecified atom stereocenters. The van der Waals surface area contributed by atoms with Crippen LogP contribution < -0.4 is 0 Å². The van der Waals surface area contributed by atoms with Crippen LogP contribution in [0.15, 0.2) is 24.5 Å². The molecule has 0 fully saturated rings. The molecular formula is C7H5N4. The Morgan fingerprint density at radius 2 is 2.09 bits per heavy atom. The van der Waals surface area contributed by atoms with Gasteiger partial charge in [-0.2, -0.15) is 0 Å². The first-order valence-electron chi connectivity index (χ1n) is 3.16. The highest BCUT2D eigenvalue weighted by Gasteiger charge is 1.96. The predicted octanol–water partition coefficient (Wildman–Crippen LogP) is 0.667. The third-order valence-electron chi connectivity index (χ3n) is 1.34. The van der Waals surface area contributed by atoms with Crippen LogP contribution in [-0.4, -0.2) is 20.4 Å². The molecular weight excluding hydrogens is 140 g/mol. The van der Waals surface area contributed by atoms with E-state index in [9.17, 15) is 0 Å². The number of rotatable bonds is 1. The van der Waals surface area contributed by atoms with Crippen LogP contribution in [0.2, 0.25) is 0 Å². The number of H-pyrrole nitrogens is 1. The maximum Gasteiger partial charge on any atom is 0.143 e. The second kappa shape index (κ2) is 2.49. The molecule has 0 saturated heterocycles. The maximum absolute atomic E-state index is 3.89. The van der Waals surface area contributed by atoms with Crippen molar-refractivity contribution in [3.8, 4) is 11.3 Å². The van der Waals surface area contributed by atoms with Crippen molar-refractivity contribution in [1.29, 1.82) is 0 Å². The minimum Gasteiger partial charge on any atom is -0.265 e. The molecule has 53 valence electrons. The van der Waals surface area contributed by atoms with Crippen LogP contribution >= 0.6 is 0 Å². The highest BCUT2D eigenvalue weighted by atomic mass is 15.3. The molecule has 0 atom stereocenters. The summed E-state index contributed by atoms with van der Waals surface area (Å²) in [6.07, 6.45) is 6.13. The lowest BCUT2D eigenvalue weighted by Gasteiger charge is -1.91. The monoisotopic (exact) mass is 145 g/mol. The van der Waals surface area contributed by atoms with E-state index in [0.29, 0.717) is 0 Å². The minimum absolute atomic E-state index is 0.785. The first-order chi connectivity index (χ1) is 5.47. The summed E-state index contributed by atoms with van der Waals surface area (Å²) in [5, 5.41) is 9.80. The van der Waals surface area contributed by atoms with Gasteiger partial charge in [-0.25, -0.2) is 0 Å². The molecule has 0 spiro atoms. The summed E-state index contributed by atoms with van der Waals surface area (Å²) in [4.78, 5) is 3.89. The fourth-order valence-corrected chi connectivity index (χ4v) is 0.823. The van der Waals surface area contributed by atoms with Crippen molar-refractivity contribution < 1.29 is 0 Å². The van der Waals surface area contributed by atoms with E-state index in [1.807, 2.05) is 12.1 Å². The lowest BCUT2D eigenvalue weighted by Crippen LogP contribution is -1.77. The molecule has 4 heteroatoms. The quantitative estimate of drug-likeness (QED) is 0.641. The molecule has 0 saturated carbocycles. The van der Waals surface area contributed by atoms with E-state index in [-0.39, 0.29) is 0 Å². The average molecular weight is 145 g/mol. The van der Waals surface area contributed by atoms with E-state index < -0.39 is 0 Å².